The molecule has 3 atom stereocenters. The molecule has 2 aliphatic heterocycles. The van der Waals surface area contributed by atoms with Crippen LogP contribution in [0, 0.1) is 5.92 Å². The minimum Gasteiger partial charge on any atom is -0.371 e. The third-order valence-electron chi connectivity index (χ3n) is 6.68. The molecule has 4 rings (SSSR count). The van der Waals surface area contributed by atoms with Gasteiger partial charge in [-0.25, -0.2) is 0 Å². The average Bonchev–Trinajstić information content (AvgIpc) is 2.76. The number of hydrogen-bond donors (Lipinski definition) is 1. The summed E-state index contributed by atoms with van der Waals surface area (Å²) in [4.78, 5) is 30.1. The molecule has 2 heterocycles. The van der Waals surface area contributed by atoms with Crippen molar-refractivity contribution in [3.63, 3.8) is 0 Å². The second-order valence-corrected chi connectivity index (χ2v) is 8.80. The highest BCUT2D eigenvalue weighted by molar-refractivity contribution is 5.97. The van der Waals surface area contributed by atoms with Gasteiger partial charge in [0.25, 0.3) is 0 Å². The normalized spacial score (nSPS) is 27.4. The Morgan fingerprint density at radius 3 is 2.62 bits per heavy atom. The molecule has 3 aliphatic rings. The molecule has 0 aromatic heterocycles. The summed E-state index contributed by atoms with van der Waals surface area (Å²) in [6.45, 7) is 5.50. The number of ether oxygens (including phenoxy) is 1. The molecule has 3 fully saturated rings. The van der Waals surface area contributed by atoms with Crippen LogP contribution >= 0.6 is 0 Å². The number of nitrogens with zero attached hydrogens (tertiary/aromatic N) is 2. The summed E-state index contributed by atoms with van der Waals surface area (Å²) < 4.78 is 5.91. The Morgan fingerprint density at radius 2 is 1.86 bits per heavy atom. The Kier molecular flexibility index (Phi) is 6.50. The number of piperazine rings is 2. The third kappa shape index (κ3) is 4.81. The van der Waals surface area contributed by atoms with Crippen molar-refractivity contribution in [2.24, 2.45) is 5.92 Å². The first-order valence-electron chi connectivity index (χ1n) is 11.1. The van der Waals surface area contributed by atoms with Crippen molar-refractivity contribution >= 4 is 11.8 Å². The van der Waals surface area contributed by atoms with Crippen molar-refractivity contribution in [1.29, 1.82) is 0 Å². The van der Waals surface area contributed by atoms with E-state index in [1.807, 2.05) is 37.3 Å². The molecule has 0 radical (unpaired) electrons. The second kappa shape index (κ2) is 9.26. The molecule has 2 saturated heterocycles. The van der Waals surface area contributed by atoms with E-state index in [0.29, 0.717) is 19.7 Å². The Labute approximate surface area is 173 Å². The van der Waals surface area contributed by atoms with Crippen LogP contribution in [0.4, 0.5) is 0 Å². The molecule has 6 heteroatoms. The highest BCUT2D eigenvalue weighted by Gasteiger charge is 2.45. The zero-order valence-electron chi connectivity index (χ0n) is 17.4. The van der Waals surface area contributed by atoms with E-state index >= 15 is 0 Å². The molecule has 0 bridgehead atoms. The van der Waals surface area contributed by atoms with Gasteiger partial charge in [0.2, 0.25) is 11.8 Å². The van der Waals surface area contributed by atoms with Crippen LogP contribution in [0.25, 0.3) is 0 Å². The molecular weight excluding hydrogens is 366 g/mol. The van der Waals surface area contributed by atoms with Crippen LogP contribution in [0.2, 0.25) is 0 Å². The quantitative estimate of drug-likeness (QED) is 0.797. The lowest BCUT2D eigenvalue weighted by atomic mass is 9.88. The SMILES string of the molecule is C[C@@H](OCc1ccccc1)[C@@H]1NC(=O)[C@H]2CN(CC3CCCCC3)CCN2C1=O. The first kappa shape index (κ1) is 20.4. The lowest BCUT2D eigenvalue weighted by Crippen LogP contribution is -2.71. The number of benzene rings is 1. The van der Waals surface area contributed by atoms with Crippen LogP contribution in [-0.4, -0.2) is 66.0 Å². The van der Waals surface area contributed by atoms with Crippen molar-refractivity contribution < 1.29 is 14.3 Å². The molecule has 1 aromatic carbocycles. The van der Waals surface area contributed by atoms with E-state index in [9.17, 15) is 9.59 Å². The summed E-state index contributed by atoms with van der Waals surface area (Å²) in [5.74, 6) is 0.697. The van der Waals surface area contributed by atoms with Crippen LogP contribution in [0.15, 0.2) is 30.3 Å². The van der Waals surface area contributed by atoms with E-state index in [1.54, 1.807) is 4.90 Å². The predicted molar refractivity (Wildman–Crippen MR) is 111 cm³/mol. The van der Waals surface area contributed by atoms with Gasteiger partial charge in [0.15, 0.2) is 0 Å². The van der Waals surface area contributed by atoms with Crippen LogP contribution in [0.5, 0.6) is 0 Å². The van der Waals surface area contributed by atoms with Gasteiger partial charge in [0, 0.05) is 26.2 Å². The van der Waals surface area contributed by atoms with Gasteiger partial charge in [-0.1, -0.05) is 49.6 Å². The van der Waals surface area contributed by atoms with Gasteiger partial charge in [0.1, 0.15) is 12.1 Å². The third-order valence-corrected chi connectivity index (χ3v) is 6.68. The molecule has 1 aliphatic carbocycles. The maximum atomic E-state index is 13.1. The molecule has 2 amide bonds. The number of carbonyl (C=O) groups is 2. The Bertz CT molecular complexity index is 705. The molecule has 29 heavy (non-hydrogen) atoms. The average molecular weight is 400 g/mol. The van der Waals surface area contributed by atoms with Crippen molar-refractivity contribution in [2.45, 2.75) is 63.8 Å². The van der Waals surface area contributed by atoms with Crippen LogP contribution < -0.4 is 5.32 Å². The van der Waals surface area contributed by atoms with Crippen molar-refractivity contribution in [3.05, 3.63) is 35.9 Å². The standard InChI is InChI=1S/C23H33N3O3/c1-17(29-16-19-10-6-3-7-11-19)21-23(28)26-13-12-25(15-20(26)22(27)24-21)14-18-8-4-2-5-9-18/h3,6-7,10-11,17-18,20-21H,2,4-5,8-9,12-16H2,1H3,(H,24,27)/t17-,20-,21+/m1/s1. The first-order chi connectivity index (χ1) is 14.1. The molecule has 6 nitrogen and oxygen atoms in total. The molecule has 1 N–H and O–H groups in total. The molecule has 0 spiro atoms. The number of carbonyl (C=O) groups excluding carboxylic acids is 2. The zero-order chi connectivity index (χ0) is 20.2. The smallest absolute Gasteiger partial charge is 0.248 e. The van der Waals surface area contributed by atoms with Crippen LogP contribution in [0.1, 0.15) is 44.6 Å². The maximum Gasteiger partial charge on any atom is 0.248 e. The van der Waals surface area contributed by atoms with Gasteiger partial charge in [-0.2, -0.15) is 0 Å². The fourth-order valence-electron chi connectivity index (χ4n) is 4.93. The minimum atomic E-state index is -0.604. The van der Waals surface area contributed by atoms with E-state index in [0.717, 1.165) is 24.6 Å². The number of rotatable bonds is 6. The Balaban J connectivity index is 1.32. The van der Waals surface area contributed by atoms with Gasteiger partial charge < -0.3 is 15.0 Å². The fourth-order valence-corrected chi connectivity index (χ4v) is 4.93. The highest BCUT2D eigenvalue weighted by Crippen LogP contribution is 2.26. The Morgan fingerprint density at radius 1 is 1.10 bits per heavy atom. The largest absolute Gasteiger partial charge is 0.371 e. The van der Waals surface area contributed by atoms with E-state index in [2.05, 4.69) is 10.2 Å². The van der Waals surface area contributed by atoms with Crippen molar-refractivity contribution in [2.75, 3.05) is 26.2 Å². The summed E-state index contributed by atoms with van der Waals surface area (Å²) in [6, 6.07) is 8.92. The second-order valence-electron chi connectivity index (χ2n) is 8.80. The predicted octanol–water partition coefficient (Wildman–Crippen LogP) is 2.18. The molecule has 1 aromatic rings. The molecule has 158 valence electrons. The van der Waals surface area contributed by atoms with Gasteiger partial charge in [-0.3, -0.25) is 14.5 Å². The summed E-state index contributed by atoms with van der Waals surface area (Å²) in [6.07, 6.45) is 6.25. The van der Waals surface area contributed by atoms with Gasteiger partial charge in [-0.05, 0) is 31.2 Å². The first-order valence-corrected chi connectivity index (χ1v) is 11.1. The highest BCUT2D eigenvalue weighted by atomic mass is 16.5. The number of amides is 2. The molecule has 1 saturated carbocycles. The summed E-state index contributed by atoms with van der Waals surface area (Å²) in [5, 5.41) is 2.94. The fraction of sp³-hybridized carbons (Fsp3) is 0.652. The van der Waals surface area contributed by atoms with Crippen LogP contribution in [0.3, 0.4) is 0 Å². The van der Waals surface area contributed by atoms with Crippen molar-refractivity contribution in [1.82, 2.24) is 15.1 Å². The number of hydrogen-bond acceptors (Lipinski definition) is 4. The monoisotopic (exact) mass is 399 g/mol. The maximum absolute atomic E-state index is 13.1. The lowest BCUT2D eigenvalue weighted by molar-refractivity contribution is -0.157. The topological polar surface area (TPSA) is 61.9 Å². The van der Waals surface area contributed by atoms with Gasteiger partial charge in [0.05, 0.1) is 12.7 Å². The van der Waals surface area contributed by atoms with Gasteiger partial charge in [-0.15, -0.1) is 0 Å². The summed E-state index contributed by atoms with van der Waals surface area (Å²) >= 11 is 0. The number of fused-ring (bicyclic) bond motifs is 1. The Hall–Kier alpha value is -1.92. The number of nitrogens with one attached hydrogen (secondary N) is 1. The summed E-state index contributed by atoms with van der Waals surface area (Å²) in [5.41, 5.74) is 1.06. The summed E-state index contributed by atoms with van der Waals surface area (Å²) in [7, 11) is 0. The van der Waals surface area contributed by atoms with E-state index < -0.39 is 6.04 Å². The van der Waals surface area contributed by atoms with E-state index in [1.165, 1.54) is 32.1 Å². The van der Waals surface area contributed by atoms with E-state index in [-0.39, 0.29) is 24.0 Å². The molecular formula is C23H33N3O3. The molecule has 0 unspecified atom stereocenters. The van der Waals surface area contributed by atoms with Gasteiger partial charge >= 0.3 is 0 Å². The van der Waals surface area contributed by atoms with Crippen molar-refractivity contribution in [3.8, 4) is 0 Å². The minimum absolute atomic E-state index is 0.00696. The lowest BCUT2D eigenvalue weighted by Gasteiger charge is -2.46. The van der Waals surface area contributed by atoms with E-state index in [4.69, 9.17) is 4.74 Å². The van der Waals surface area contributed by atoms with Crippen LogP contribution in [-0.2, 0) is 20.9 Å². The zero-order valence-corrected chi connectivity index (χ0v) is 17.4.